The first-order valence-corrected chi connectivity index (χ1v) is 6.95. The second kappa shape index (κ2) is 5.10. The number of rotatable bonds is 1. The van der Waals surface area contributed by atoms with E-state index in [0.29, 0.717) is 5.95 Å². The molecule has 5 heteroatoms. The van der Waals surface area contributed by atoms with Crippen LogP contribution in [-0.2, 0) is 12.8 Å². The summed E-state index contributed by atoms with van der Waals surface area (Å²) < 4.78 is 0. The van der Waals surface area contributed by atoms with Gasteiger partial charge in [0.2, 0.25) is 5.95 Å². The molecule has 0 bridgehead atoms. The number of fused-ring (bicyclic) bond motifs is 1. The summed E-state index contributed by atoms with van der Waals surface area (Å²) in [5, 5.41) is 3.42. The van der Waals surface area contributed by atoms with E-state index in [-0.39, 0.29) is 0 Å². The van der Waals surface area contributed by atoms with Crippen LogP contribution in [0.25, 0.3) is 0 Å². The van der Waals surface area contributed by atoms with Crippen molar-refractivity contribution in [2.45, 2.75) is 32.1 Å². The molecule has 3 rings (SSSR count). The van der Waals surface area contributed by atoms with Crippen molar-refractivity contribution in [3.8, 4) is 0 Å². The molecule has 18 heavy (non-hydrogen) atoms. The summed E-state index contributed by atoms with van der Waals surface area (Å²) >= 11 is 0. The summed E-state index contributed by atoms with van der Waals surface area (Å²) in [7, 11) is 0. The third-order valence-electron chi connectivity index (χ3n) is 3.83. The van der Waals surface area contributed by atoms with Gasteiger partial charge in [0, 0.05) is 31.6 Å². The first-order chi connectivity index (χ1) is 8.84. The third-order valence-corrected chi connectivity index (χ3v) is 3.83. The van der Waals surface area contributed by atoms with E-state index in [9.17, 15) is 0 Å². The fourth-order valence-corrected chi connectivity index (χ4v) is 2.91. The average molecular weight is 247 g/mol. The smallest absolute Gasteiger partial charge is 0.222 e. The Balaban J connectivity index is 1.98. The largest absolute Gasteiger partial charge is 0.368 e. The van der Waals surface area contributed by atoms with Crippen molar-refractivity contribution in [1.29, 1.82) is 0 Å². The van der Waals surface area contributed by atoms with Crippen LogP contribution in [0.3, 0.4) is 0 Å². The highest BCUT2D eigenvalue weighted by atomic mass is 15.2. The van der Waals surface area contributed by atoms with E-state index < -0.39 is 0 Å². The molecule has 98 valence electrons. The van der Waals surface area contributed by atoms with E-state index in [1.807, 2.05) is 0 Å². The van der Waals surface area contributed by atoms with Gasteiger partial charge in [-0.15, -0.1) is 0 Å². The highest BCUT2D eigenvalue weighted by Gasteiger charge is 2.21. The first-order valence-electron chi connectivity index (χ1n) is 6.95. The van der Waals surface area contributed by atoms with E-state index in [1.54, 1.807) is 0 Å². The second-order valence-corrected chi connectivity index (χ2v) is 5.13. The van der Waals surface area contributed by atoms with Crippen LogP contribution in [0.4, 0.5) is 11.8 Å². The predicted octanol–water partition coefficient (Wildman–Crippen LogP) is 0.737. The fourth-order valence-electron chi connectivity index (χ4n) is 2.91. The maximum Gasteiger partial charge on any atom is 0.222 e. The lowest BCUT2D eigenvalue weighted by molar-refractivity contribution is 0.571. The van der Waals surface area contributed by atoms with Crippen molar-refractivity contribution >= 4 is 11.8 Å². The lowest BCUT2D eigenvalue weighted by atomic mass is 10.1. The van der Waals surface area contributed by atoms with Gasteiger partial charge in [-0.2, -0.15) is 4.98 Å². The highest BCUT2D eigenvalue weighted by Crippen LogP contribution is 2.26. The van der Waals surface area contributed by atoms with Gasteiger partial charge in [0.1, 0.15) is 5.82 Å². The lowest BCUT2D eigenvalue weighted by Crippen LogP contribution is -2.32. The standard InChI is InChI=1S/C13H21N5/c14-13-16-11-5-7-15-6-4-10(11)12(17-13)18-8-2-1-3-9-18/h15H,1-9H2,(H2,14,16,17). The first kappa shape index (κ1) is 11.7. The van der Waals surface area contributed by atoms with Crippen molar-refractivity contribution in [2.75, 3.05) is 36.8 Å². The SMILES string of the molecule is Nc1nc2c(c(N3CCCCC3)n1)CCNCC2. The monoisotopic (exact) mass is 247 g/mol. The Hall–Kier alpha value is -1.36. The van der Waals surface area contributed by atoms with Gasteiger partial charge in [-0.25, -0.2) is 4.98 Å². The van der Waals surface area contributed by atoms with Gasteiger partial charge in [0.05, 0.1) is 5.69 Å². The Labute approximate surface area is 108 Å². The minimum Gasteiger partial charge on any atom is -0.368 e. The molecule has 5 nitrogen and oxygen atoms in total. The molecule has 1 saturated heterocycles. The molecule has 0 spiro atoms. The number of nitrogens with two attached hydrogens (primary N) is 1. The van der Waals surface area contributed by atoms with Crippen LogP contribution in [0.15, 0.2) is 0 Å². The molecule has 2 aliphatic heterocycles. The molecule has 3 N–H and O–H groups in total. The van der Waals surface area contributed by atoms with Crippen LogP contribution >= 0.6 is 0 Å². The van der Waals surface area contributed by atoms with E-state index in [4.69, 9.17) is 5.73 Å². The van der Waals surface area contributed by atoms with Gasteiger partial charge in [0.15, 0.2) is 0 Å². The molecule has 0 unspecified atom stereocenters. The normalized spacial score (nSPS) is 20.3. The number of hydrogen-bond donors (Lipinski definition) is 2. The molecule has 0 aliphatic carbocycles. The quantitative estimate of drug-likeness (QED) is 0.766. The van der Waals surface area contributed by atoms with Gasteiger partial charge < -0.3 is 16.0 Å². The zero-order valence-electron chi connectivity index (χ0n) is 10.8. The van der Waals surface area contributed by atoms with Crippen molar-refractivity contribution in [3.05, 3.63) is 11.3 Å². The van der Waals surface area contributed by atoms with Crippen LogP contribution in [0, 0.1) is 0 Å². The maximum atomic E-state index is 5.87. The number of nitrogens with one attached hydrogen (secondary N) is 1. The number of hydrogen-bond acceptors (Lipinski definition) is 5. The average Bonchev–Trinajstić information content (AvgIpc) is 2.64. The Kier molecular flexibility index (Phi) is 3.32. The van der Waals surface area contributed by atoms with Crippen LogP contribution in [0.5, 0.6) is 0 Å². The molecule has 1 fully saturated rings. The van der Waals surface area contributed by atoms with E-state index in [1.165, 1.54) is 24.8 Å². The zero-order chi connectivity index (χ0) is 12.4. The molecule has 1 aromatic heterocycles. The molecule has 0 atom stereocenters. The Morgan fingerprint density at radius 1 is 1.00 bits per heavy atom. The summed E-state index contributed by atoms with van der Waals surface area (Å²) in [6, 6.07) is 0. The van der Waals surface area contributed by atoms with E-state index >= 15 is 0 Å². The summed E-state index contributed by atoms with van der Waals surface area (Å²) in [6.45, 7) is 4.22. The predicted molar refractivity (Wildman–Crippen MR) is 72.8 cm³/mol. The van der Waals surface area contributed by atoms with Crippen LogP contribution in [-0.4, -0.2) is 36.1 Å². The molecule has 0 radical (unpaired) electrons. The van der Waals surface area contributed by atoms with Gasteiger partial charge in [-0.05, 0) is 32.2 Å². The zero-order valence-corrected chi connectivity index (χ0v) is 10.8. The molecule has 0 aromatic carbocycles. The van der Waals surface area contributed by atoms with Gasteiger partial charge >= 0.3 is 0 Å². The maximum absolute atomic E-state index is 5.87. The van der Waals surface area contributed by atoms with Crippen LogP contribution < -0.4 is 16.0 Å². The fraction of sp³-hybridized carbons (Fsp3) is 0.692. The Morgan fingerprint density at radius 3 is 2.61 bits per heavy atom. The minimum atomic E-state index is 0.427. The van der Waals surface area contributed by atoms with Crippen LogP contribution in [0.1, 0.15) is 30.5 Å². The molecule has 0 amide bonds. The Morgan fingerprint density at radius 2 is 1.78 bits per heavy atom. The van der Waals surface area contributed by atoms with Gasteiger partial charge in [-0.3, -0.25) is 0 Å². The summed E-state index contributed by atoms with van der Waals surface area (Å²) in [6.07, 6.45) is 5.83. The molecule has 1 aromatic rings. The van der Waals surface area contributed by atoms with Crippen molar-refractivity contribution in [1.82, 2.24) is 15.3 Å². The number of anilines is 2. The molecular weight excluding hydrogens is 226 g/mol. The number of nitrogen functional groups attached to an aromatic ring is 1. The van der Waals surface area contributed by atoms with E-state index in [0.717, 1.165) is 50.5 Å². The molecule has 2 aliphatic rings. The third kappa shape index (κ3) is 2.27. The van der Waals surface area contributed by atoms with Crippen molar-refractivity contribution in [2.24, 2.45) is 0 Å². The topological polar surface area (TPSA) is 67.1 Å². The molecule has 3 heterocycles. The second-order valence-electron chi connectivity index (χ2n) is 5.13. The molecule has 0 saturated carbocycles. The van der Waals surface area contributed by atoms with Gasteiger partial charge in [0.25, 0.3) is 0 Å². The number of aromatic nitrogens is 2. The number of piperidine rings is 1. The van der Waals surface area contributed by atoms with Crippen LogP contribution in [0.2, 0.25) is 0 Å². The summed E-state index contributed by atoms with van der Waals surface area (Å²) in [4.78, 5) is 11.3. The highest BCUT2D eigenvalue weighted by molar-refractivity contribution is 5.52. The molecular formula is C13H21N5. The van der Waals surface area contributed by atoms with Crippen molar-refractivity contribution < 1.29 is 0 Å². The Bertz CT molecular complexity index is 426. The van der Waals surface area contributed by atoms with Crippen molar-refractivity contribution in [3.63, 3.8) is 0 Å². The van der Waals surface area contributed by atoms with Gasteiger partial charge in [-0.1, -0.05) is 0 Å². The number of nitrogens with zero attached hydrogens (tertiary/aromatic N) is 3. The van der Waals surface area contributed by atoms with E-state index in [2.05, 4.69) is 20.2 Å². The minimum absolute atomic E-state index is 0.427. The summed E-state index contributed by atoms with van der Waals surface area (Å²) in [5.41, 5.74) is 8.33. The summed E-state index contributed by atoms with van der Waals surface area (Å²) in [5.74, 6) is 1.53. The lowest BCUT2D eigenvalue weighted by Gasteiger charge is -2.30.